The maximum absolute atomic E-state index is 13.2. The van der Waals surface area contributed by atoms with Crippen LogP contribution in [0.4, 0.5) is 0 Å². The lowest BCUT2D eigenvalue weighted by Gasteiger charge is -2.29. The molecule has 0 aliphatic carbocycles. The van der Waals surface area contributed by atoms with E-state index in [-0.39, 0.29) is 10.8 Å². The van der Waals surface area contributed by atoms with Gasteiger partial charge in [-0.3, -0.25) is 0 Å². The fourth-order valence-corrected chi connectivity index (χ4v) is 7.11. The molecule has 0 radical (unpaired) electrons. The highest BCUT2D eigenvalue weighted by Crippen LogP contribution is 2.39. The summed E-state index contributed by atoms with van der Waals surface area (Å²) >= 11 is 0. The molecule has 0 amide bonds. The van der Waals surface area contributed by atoms with Crippen molar-refractivity contribution in [1.29, 1.82) is 0 Å². The van der Waals surface area contributed by atoms with E-state index in [0.29, 0.717) is 0 Å². The monoisotopic (exact) mass is 459 g/mol. The molecule has 4 aromatic rings. The van der Waals surface area contributed by atoms with Gasteiger partial charge in [0.15, 0.2) is 0 Å². The van der Waals surface area contributed by atoms with Crippen LogP contribution in [0.2, 0.25) is 0 Å². The molecule has 0 bridgehead atoms. The summed E-state index contributed by atoms with van der Waals surface area (Å²) in [5, 5.41) is 5.10. The van der Waals surface area contributed by atoms with E-state index in [1.54, 1.807) is 0 Å². The third kappa shape index (κ3) is 5.53. The van der Waals surface area contributed by atoms with Crippen molar-refractivity contribution in [3.63, 3.8) is 0 Å². The van der Waals surface area contributed by atoms with Gasteiger partial charge in [0.2, 0.25) is 0 Å². The topological polar surface area (TPSA) is 29.1 Å². The molecule has 164 valence electrons. The molecular formula is C28H30NOPS. The first-order chi connectivity index (χ1) is 15.4. The Balaban J connectivity index is 1.75. The number of fused-ring (bicyclic) bond motifs is 1. The van der Waals surface area contributed by atoms with E-state index >= 15 is 0 Å². The van der Waals surface area contributed by atoms with Crippen molar-refractivity contribution in [2.45, 2.75) is 31.6 Å². The third-order valence-corrected chi connectivity index (χ3v) is 9.67. The Morgan fingerprint density at radius 3 is 1.84 bits per heavy atom. The number of hydrogen-bond donors (Lipinski definition) is 1. The Bertz CT molecular complexity index is 1150. The molecule has 0 saturated heterocycles. The van der Waals surface area contributed by atoms with E-state index < -0.39 is 18.9 Å². The molecular weight excluding hydrogens is 429 g/mol. The number of benzene rings is 4. The highest BCUT2D eigenvalue weighted by atomic mass is 32.2. The van der Waals surface area contributed by atoms with Crippen LogP contribution in [0.5, 0.6) is 0 Å². The summed E-state index contributed by atoms with van der Waals surface area (Å²) in [7, 11) is -1.79. The van der Waals surface area contributed by atoms with E-state index in [2.05, 4.69) is 108 Å². The van der Waals surface area contributed by atoms with Crippen LogP contribution < -0.4 is 15.3 Å². The van der Waals surface area contributed by atoms with Crippen LogP contribution in [0.3, 0.4) is 0 Å². The predicted molar refractivity (Wildman–Crippen MR) is 142 cm³/mol. The van der Waals surface area contributed by atoms with Gasteiger partial charge in [-0.05, 0) is 67.9 Å². The normalized spacial score (nSPS) is 13.9. The summed E-state index contributed by atoms with van der Waals surface area (Å²) in [5.74, 6) is 0. The van der Waals surface area contributed by atoms with Crippen molar-refractivity contribution >= 4 is 40.3 Å². The van der Waals surface area contributed by atoms with E-state index in [1.807, 2.05) is 20.8 Å². The second kappa shape index (κ2) is 10.1. The van der Waals surface area contributed by atoms with Crippen LogP contribution in [0, 0.1) is 0 Å². The molecule has 2 atom stereocenters. The average molecular weight is 460 g/mol. The summed E-state index contributed by atoms with van der Waals surface area (Å²) in [6.45, 7) is 6.06. The molecule has 0 saturated carbocycles. The number of hydrogen-bond acceptors (Lipinski definition) is 1. The lowest BCUT2D eigenvalue weighted by atomic mass is 10.0. The van der Waals surface area contributed by atoms with Crippen LogP contribution in [0.1, 0.15) is 32.4 Å². The van der Waals surface area contributed by atoms with Gasteiger partial charge < -0.3 is 0 Å². The average Bonchev–Trinajstić information content (AvgIpc) is 2.81. The lowest BCUT2D eigenvalue weighted by Crippen LogP contribution is -2.37. The predicted octanol–water partition coefficient (Wildman–Crippen LogP) is 6.07. The minimum absolute atomic E-state index is 0.0220. The van der Waals surface area contributed by atoms with Crippen molar-refractivity contribution in [2.75, 3.05) is 6.16 Å². The van der Waals surface area contributed by atoms with Gasteiger partial charge in [0.05, 0.1) is 15.7 Å². The first-order valence-electron chi connectivity index (χ1n) is 11.0. The molecule has 0 heterocycles. The summed E-state index contributed by atoms with van der Waals surface area (Å²) in [5.41, 5.74) is 1.18. The number of rotatable bonds is 7. The summed E-state index contributed by atoms with van der Waals surface area (Å²) in [4.78, 5) is 0. The van der Waals surface area contributed by atoms with Gasteiger partial charge >= 0.3 is 0 Å². The Morgan fingerprint density at radius 1 is 0.750 bits per heavy atom. The fourth-order valence-electron chi connectivity index (χ4n) is 3.70. The smallest absolute Gasteiger partial charge is 0.0976 e. The minimum atomic E-state index is -1.17. The zero-order valence-electron chi connectivity index (χ0n) is 18.9. The fraction of sp³-hybridized carbons (Fsp3) is 0.214. The molecule has 4 heteroatoms. The first-order valence-corrected chi connectivity index (χ1v) is 13.6. The molecule has 0 spiro atoms. The van der Waals surface area contributed by atoms with Crippen molar-refractivity contribution < 1.29 is 4.21 Å². The molecule has 32 heavy (non-hydrogen) atoms. The highest BCUT2D eigenvalue weighted by Gasteiger charge is 2.27. The largest absolute Gasteiger partial charge is 0.242 e. The summed E-state index contributed by atoms with van der Waals surface area (Å²) < 4.78 is 16.3. The molecule has 4 aromatic carbocycles. The van der Waals surface area contributed by atoms with Crippen LogP contribution >= 0.6 is 7.92 Å². The van der Waals surface area contributed by atoms with Crippen LogP contribution in [0.25, 0.3) is 10.8 Å². The van der Waals surface area contributed by atoms with Crippen molar-refractivity contribution in [3.05, 3.63) is 109 Å². The summed E-state index contributed by atoms with van der Waals surface area (Å²) in [6, 6.07) is 36.4. The van der Waals surface area contributed by atoms with E-state index in [4.69, 9.17) is 0 Å². The Labute approximate surface area is 195 Å². The maximum atomic E-state index is 13.2. The van der Waals surface area contributed by atoms with Gasteiger partial charge in [-0.15, -0.1) is 0 Å². The maximum Gasteiger partial charge on any atom is 0.0976 e. The van der Waals surface area contributed by atoms with Crippen molar-refractivity contribution in [3.8, 4) is 0 Å². The molecule has 0 aliphatic heterocycles. The highest BCUT2D eigenvalue weighted by molar-refractivity contribution is 7.84. The van der Waals surface area contributed by atoms with E-state index in [9.17, 15) is 4.21 Å². The SMILES string of the molecule is CC(C)(C)S(=O)N[C@H](CP(c1ccccc1)c1ccccc1)c1ccc2ccccc2c1. The molecule has 4 rings (SSSR count). The Hall–Kier alpha value is -2.32. The Kier molecular flexibility index (Phi) is 7.20. The van der Waals surface area contributed by atoms with Crippen LogP contribution in [-0.4, -0.2) is 15.1 Å². The molecule has 1 unspecified atom stereocenters. The quantitative estimate of drug-likeness (QED) is 0.334. The molecule has 0 aliphatic rings. The van der Waals surface area contributed by atoms with E-state index in [0.717, 1.165) is 6.16 Å². The van der Waals surface area contributed by atoms with Gasteiger partial charge in [0.1, 0.15) is 0 Å². The molecule has 1 N–H and O–H groups in total. The first kappa shape index (κ1) is 22.9. The molecule has 2 nitrogen and oxygen atoms in total. The van der Waals surface area contributed by atoms with Crippen molar-refractivity contribution in [2.24, 2.45) is 0 Å². The molecule has 0 aromatic heterocycles. The zero-order chi connectivity index (χ0) is 22.6. The Morgan fingerprint density at radius 2 is 1.28 bits per heavy atom. The van der Waals surface area contributed by atoms with Gasteiger partial charge in [-0.2, -0.15) is 0 Å². The zero-order valence-corrected chi connectivity index (χ0v) is 20.6. The van der Waals surface area contributed by atoms with Crippen LogP contribution in [0.15, 0.2) is 103 Å². The second-order valence-corrected chi connectivity index (χ2v) is 13.2. The van der Waals surface area contributed by atoms with Gasteiger partial charge in [-0.25, -0.2) is 8.93 Å². The second-order valence-electron chi connectivity index (χ2n) is 8.94. The van der Waals surface area contributed by atoms with E-state index in [1.165, 1.54) is 26.9 Å². The standard InChI is InChI=1S/C28H30NOPS/c1-28(2,3)32(30)29-27(24-19-18-22-12-10-11-13-23(22)20-24)21-31(25-14-6-4-7-15-25)26-16-8-5-9-17-26/h4-20,27,29H,21H2,1-3H3/t27-,32?/m1/s1. The van der Waals surface area contributed by atoms with Crippen LogP contribution in [-0.2, 0) is 11.0 Å². The molecule has 0 fully saturated rings. The summed E-state index contributed by atoms with van der Waals surface area (Å²) in [6.07, 6.45) is 0.878. The van der Waals surface area contributed by atoms with Gasteiger partial charge in [0.25, 0.3) is 0 Å². The third-order valence-electron chi connectivity index (χ3n) is 5.48. The van der Waals surface area contributed by atoms with Gasteiger partial charge in [0, 0.05) is 6.04 Å². The number of nitrogens with one attached hydrogen (secondary N) is 1. The minimum Gasteiger partial charge on any atom is -0.242 e. The lowest BCUT2D eigenvalue weighted by molar-refractivity contribution is 0.618. The van der Waals surface area contributed by atoms with Gasteiger partial charge in [-0.1, -0.05) is 97.1 Å². The van der Waals surface area contributed by atoms with Crippen molar-refractivity contribution in [1.82, 2.24) is 4.72 Å².